The van der Waals surface area contributed by atoms with Gasteiger partial charge in [0.05, 0.1) is 16.8 Å². The third-order valence-electron chi connectivity index (χ3n) is 2.39. The highest BCUT2D eigenvalue weighted by molar-refractivity contribution is 9.10. The maximum Gasteiger partial charge on any atom is 0.137 e. The second-order valence-corrected chi connectivity index (χ2v) is 5.50. The number of anilines is 1. The number of hydrogen-bond acceptors (Lipinski definition) is 3. The van der Waals surface area contributed by atoms with Crippen LogP contribution >= 0.6 is 27.7 Å². The molecule has 2 nitrogen and oxygen atoms in total. The first-order valence-electron chi connectivity index (χ1n) is 5.44. The molecular weight excluding hydrogens is 317 g/mol. The van der Waals surface area contributed by atoms with E-state index in [-0.39, 0.29) is 5.82 Å². The lowest BCUT2D eigenvalue weighted by Crippen LogP contribution is -1.98. The number of thioether (sulfide) groups is 1. The van der Waals surface area contributed by atoms with E-state index in [1.165, 1.54) is 6.07 Å². The number of halogens is 2. The predicted molar refractivity (Wildman–Crippen MR) is 77.4 cm³/mol. The summed E-state index contributed by atoms with van der Waals surface area (Å²) in [5, 5.41) is 3.19. The summed E-state index contributed by atoms with van der Waals surface area (Å²) in [6.45, 7) is 0.590. The Morgan fingerprint density at radius 2 is 2.06 bits per heavy atom. The molecule has 0 atom stereocenters. The van der Waals surface area contributed by atoms with Crippen LogP contribution in [0.2, 0.25) is 0 Å². The fourth-order valence-corrected chi connectivity index (χ4v) is 2.35. The lowest BCUT2D eigenvalue weighted by molar-refractivity contribution is 0.487. The molecule has 2 rings (SSSR count). The van der Waals surface area contributed by atoms with Crippen molar-refractivity contribution >= 4 is 33.4 Å². The lowest BCUT2D eigenvalue weighted by atomic mass is 10.3. The van der Waals surface area contributed by atoms with Crippen LogP contribution in [0.3, 0.4) is 0 Å². The maximum atomic E-state index is 13.1. The van der Waals surface area contributed by atoms with Crippen molar-refractivity contribution < 1.29 is 8.81 Å². The molecule has 1 heterocycles. The van der Waals surface area contributed by atoms with Crippen molar-refractivity contribution in [1.82, 2.24) is 0 Å². The first kappa shape index (κ1) is 13.5. The highest BCUT2D eigenvalue weighted by Crippen LogP contribution is 2.21. The molecule has 0 spiro atoms. The molecule has 0 aliphatic heterocycles. The molecular formula is C13H13BrFNOS. The molecule has 1 N–H and O–H groups in total. The molecule has 5 heteroatoms. The van der Waals surface area contributed by atoms with Crippen LogP contribution in [0.5, 0.6) is 0 Å². The van der Waals surface area contributed by atoms with Gasteiger partial charge < -0.3 is 9.73 Å². The average Bonchev–Trinajstić information content (AvgIpc) is 2.79. The Morgan fingerprint density at radius 1 is 1.28 bits per heavy atom. The topological polar surface area (TPSA) is 25.2 Å². The van der Waals surface area contributed by atoms with Crippen molar-refractivity contribution in [2.75, 3.05) is 11.6 Å². The zero-order chi connectivity index (χ0) is 13.0. The molecule has 0 bridgehead atoms. The number of furan rings is 1. The van der Waals surface area contributed by atoms with Gasteiger partial charge in [0.15, 0.2) is 0 Å². The van der Waals surface area contributed by atoms with E-state index in [0.717, 1.165) is 23.0 Å². The van der Waals surface area contributed by atoms with Gasteiger partial charge in [0.2, 0.25) is 0 Å². The average molecular weight is 330 g/mol. The summed E-state index contributed by atoms with van der Waals surface area (Å²) in [5.41, 5.74) is 0.853. The maximum absolute atomic E-state index is 13.1. The molecule has 0 aliphatic carbocycles. The summed E-state index contributed by atoms with van der Waals surface area (Å²) >= 11 is 4.88. The van der Waals surface area contributed by atoms with E-state index in [4.69, 9.17) is 4.42 Å². The molecule has 0 aliphatic rings. The van der Waals surface area contributed by atoms with E-state index in [9.17, 15) is 4.39 Å². The largest absolute Gasteiger partial charge is 0.463 e. The van der Waals surface area contributed by atoms with Crippen molar-refractivity contribution in [2.24, 2.45) is 0 Å². The molecule has 0 fully saturated rings. The minimum absolute atomic E-state index is 0.263. The summed E-state index contributed by atoms with van der Waals surface area (Å²) in [5.74, 6) is 2.46. The van der Waals surface area contributed by atoms with Gasteiger partial charge in [-0.1, -0.05) is 0 Å². The molecule has 2 aromatic rings. The zero-order valence-electron chi connectivity index (χ0n) is 9.87. The van der Waals surface area contributed by atoms with Crippen molar-refractivity contribution in [3.05, 3.63) is 52.1 Å². The van der Waals surface area contributed by atoms with Crippen LogP contribution < -0.4 is 5.32 Å². The molecule has 0 saturated heterocycles. The zero-order valence-corrected chi connectivity index (χ0v) is 12.3. The van der Waals surface area contributed by atoms with Crippen LogP contribution in [0.25, 0.3) is 0 Å². The first-order chi connectivity index (χ1) is 8.69. The summed E-state index contributed by atoms with van der Waals surface area (Å²) in [4.78, 5) is 0. The van der Waals surface area contributed by atoms with Gasteiger partial charge in [0.1, 0.15) is 17.3 Å². The van der Waals surface area contributed by atoms with E-state index in [1.54, 1.807) is 23.9 Å². The lowest BCUT2D eigenvalue weighted by Gasteiger charge is -2.05. The highest BCUT2D eigenvalue weighted by atomic mass is 79.9. The summed E-state index contributed by atoms with van der Waals surface area (Å²) in [7, 11) is 0. The number of nitrogens with one attached hydrogen (secondary N) is 1. The van der Waals surface area contributed by atoms with E-state index in [0.29, 0.717) is 11.0 Å². The van der Waals surface area contributed by atoms with Gasteiger partial charge in [0, 0.05) is 5.69 Å². The third-order valence-corrected chi connectivity index (χ3v) is 3.57. The van der Waals surface area contributed by atoms with Crippen LogP contribution in [-0.2, 0) is 12.3 Å². The molecule has 0 saturated carbocycles. The van der Waals surface area contributed by atoms with Gasteiger partial charge in [-0.25, -0.2) is 4.39 Å². The van der Waals surface area contributed by atoms with Crippen molar-refractivity contribution in [1.29, 1.82) is 0 Å². The van der Waals surface area contributed by atoms with Crippen LogP contribution in [0.1, 0.15) is 11.5 Å². The smallest absolute Gasteiger partial charge is 0.137 e. The fourth-order valence-electron chi connectivity index (χ4n) is 1.53. The van der Waals surface area contributed by atoms with Gasteiger partial charge in [-0.15, -0.1) is 0 Å². The number of benzene rings is 1. The van der Waals surface area contributed by atoms with Gasteiger partial charge >= 0.3 is 0 Å². The minimum Gasteiger partial charge on any atom is -0.463 e. The Bertz CT molecular complexity index is 529. The molecule has 1 aromatic heterocycles. The van der Waals surface area contributed by atoms with Crippen molar-refractivity contribution in [3.8, 4) is 0 Å². The summed E-state index contributed by atoms with van der Waals surface area (Å²) in [6.07, 6.45) is 2.04. The van der Waals surface area contributed by atoms with E-state index >= 15 is 0 Å². The van der Waals surface area contributed by atoms with Gasteiger partial charge in [0.25, 0.3) is 0 Å². The molecule has 0 radical (unpaired) electrons. The Morgan fingerprint density at radius 3 is 2.78 bits per heavy atom. The number of rotatable bonds is 5. The van der Waals surface area contributed by atoms with Gasteiger partial charge in [-0.2, -0.15) is 11.8 Å². The molecule has 0 unspecified atom stereocenters. The Labute approximate surface area is 118 Å². The second-order valence-electron chi connectivity index (χ2n) is 3.78. The molecule has 18 heavy (non-hydrogen) atoms. The summed E-state index contributed by atoms with van der Waals surface area (Å²) in [6, 6.07) is 8.77. The third kappa shape index (κ3) is 3.53. The Kier molecular flexibility index (Phi) is 4.72. The van der Waals surface area contributed by atoms with Crippen LogP contribution in [0, 0.1) is 5.82 Å². The summed E-state index contributed by atoms with van der Waals surface area (Å²) < 4.78 is 19.1. The second kappa shape index (κ2) is 6.29. The SMILES string of the molecule is CSCc1ccc(CNc2ccc(F)c(Br)c2)o1. The Hall–Kier alpha value is -0.940. The van der Waals surface area contributed by atoms with Crippen molar-refractivity contribution in [2.45, 2.75) is 12.3 Å². The Balaban J connectivity index is 1.95. The van der Waals surface area contributed by atoms with Crippen LogP contribution in [0.15, 0.2) is 39.2 Å². The van der Waals surface area contributed by atoms with E-state index in [1.807, 2.05) is 18.4 Å². The molecule has 1 aromatic carbocycles. The van der Waals surface area contributed by atoms with Crippen LogP contribution in [-0.4, -0.2) is 6.26 Å². The number of hydrogen-bond donors (Lipinski definition) is 1. The van der Waals surface area contributed by atoms with Gasteiger partial charge in [-0.05, 0) is 52.5 Å². The normalized spacial score (nSPS) is 10.6. The van der Waals surface area contributed by atoms with E-state index < -0.39 is 0 Å². The first-order valence-corrected chi connectivity index (χ1v) is 7.63. The predicted octanol–water partition coefficient (Wildman–Crippen LogP) is 4.66. The minimum atomic E-state index is -0.263. The monoisotopic (exact) mass is 329 g/mol. The highest BCUT2D eigenvalue weighted by Gasteiger charge is 2.03. The fraction of sp³-hybridized carbons (Fsp3) is 0.231. The van der Waals surface area contributed by atoms with Gasteiger partial charge in [-0.3, -0.25) is 0 Å². The standard InChI is InChI=1S/C13H13BrFNOS/c1-18-8-11-4-3-10(17-11)7-16-9-2-5-13(15)12(14)6-9/h2-6,16H,7-8H2,1H3. The van der Waals surface area contributed by atoms with Crippen molar-refractivity contribution in [3.63, 3.8) is 0 Å². The quantitative estimate of drug-likeness (QED) is 0.863. The molecule has 0 amide bonds. The molecule has 96 valence electrons. The van der Waals surface area contributed by atoms with E-state index in [2.05, 4.69) is 21.2 Å². The van der Waals surface area contributed by atoms with Crippen LogP contribution in [0.4, 0.5) is 10.1 Å².